The van der Waals surface area contributed by atoms with Crippen LogP contribution in [-0.2, 0) is 6.54 Å². The molecule has 1 aromatic carbocycles. The number of benzene rings is 1. The third-order valence-electron chi connectivity index (χ3n) is 4.13. The standard InChI is InChI=1S/C17H25FN2/c1-6-7-19-11-13-8-14-12(2)10-17(3,4)20(5)16(14)9-15(13)18/h8-10,19H,6-7,11H2,1-5H3. The maximum Gasteiger partial charge on any atom is 0.129 e. The maximum atomic E-state index is 14.3. The minimum absolute atomic E-state index is 0.0779. The number of allylic oxidation sites excluding steroid dienone is 1. The van der Waals surface area contributed by atoms with Crippen LogP contribution in [0.2, 0.25) is 0 Å². The first-order chi connectivity index (χ1) is 9.36. The van der Waals surface area contributed by atoms with Gasteiger partial charge in [-0.2, -0.15) is 0 Å². The lowest BCUT2D eigenvalue weighted by Gasteiger charge is -2.40. The van der Waals surface area contributed by atoms with Gasteiger partial charge in [-0.05, 0) is 51.4 Å². The topological polar surface area (TPSA) is 15.3 Å². The molecule has 0 spiro atoms. The summed E-state index contributed by atoms with van der Waals surface area (Å²) in [6.07, 6.45) is 3.30. The summed E-state index contributed by atoms with van der Waals surface area (Å²) in [5, 5.41) is 3.27. The highest BCUT2D eigenvalue weighted by molar-refractivity contribution is 5.81. The van der Waals surface area contributed by atoms with Crippen molar-refractivity contribution in [1.29, 1.82) is 0 Å². The molecule has 0 unspecified atom stereocenters. The fourth-order valence-electron chi connectivity index (χ4n) is 2.75. The first-order valence-electron chi connectivity index (χ1n) is 7.33. The molecule has 1 aliphatic rings. The fourth-order valence-corrected chi connectivity index (χ4v) is 2.75. The van der Waals surface area contributed by atoms with Gasteiger partial charge >= 0.3 is 0 Å². The molecule has 0 aliphatic carbocycles. The predicted octanol–water partition coefficient (Wildman–Crippen LogP) is 3.96. The lowest BCUT2D eigenvalue weighted by atomic mass is 9.88. The average Bonchev–Trinajstić information content (AvgIpc) is 2.37. The van der Waals surface area contributed by atoms with Crippen LogP contribution in [0.5, 0.6) is 0 Å². The number of halogens is 1. The molecule has 1 heterocycles. The van der Waals surface area contributed by atoms with Crippen molar-refractivity contribution in [3.63, 3.8) is 0 Å². The number of anilines is 1. The van der Waals surface area contributed by atoms with Gasteiger partial charge in [0.25, 0.3) is 0 Å². The van der Waals surface area contributed by atoms with Crippen LogP contribution < -0.4 is 10.2 Å². The van der Waals surface area contributed by atoms with E-state index in [1.807, 2.05) is 13.1 Å². The summed E-state index contributed by atoms with van der Waals surface area (Å²) in [5.41, 5.74) is 4.01. The van der Waals surface area contributed by atoms with Crippen molar-refractivity contribution < 1.29 is 4.39 Å². The summed E-state index contributed by atoms with van der Waals surface area (Å²) < 4.78 is 14.3. The highest BCUT2D eigenvalue weighted by Gasteiger charge is 2.29. The zero-order valence-electron chi connectivity index (χ0n) is 13.2. The molecule has 2 rings (SSSR count). The average molecular weight is 276 g/mol. The van der Waals surface area contributed by atoms with Gasteiger partial charge in [-0.1, -0.05) is 13.0 Å². The van der Waals surface area contributed by atoms with E-state index in [2.05, 4.69) is 44.0 Å². The Hall–Kier alpha value is -1.35. The van der Waals surface area contributed by atoms with Gasteiger partial charge in [0.05, 0.1) is 5.54 Å². The molecule has 1 aliphatic heterocycles. The van der Waals surface area contributed by atoms with Crippen LogP contribution in [-0.4, -0.2) is 19.1 Å². The van der Waals surface area contributed by atoms with Crippen LogP contribution in [0.15, 0.2) is 18.2 Å². The Labute approximate surface area is 121 Å². The van der Waals surface area contributed by atoms with E-state index in [1.54, 1.807) is 6.07 Å². The van der Waals surface area contributed by atoms with Crippen molar-refractivity contribution in [3.8, 4) is 0 Å². The predicted molar refractivity (Wildman–Crippen MR) is 84.5 cm³/mol. The summed E-state index contributed by atoms with van der Waals surface area (Å²) in [5.74, 6) is -0.121. The third-order valence-corrected chi connectivity index (χ3v) is 4.13. The van der Waals surface area contributed by atoms with E-state index in [4.69, 9.17) is 0 Å². The number of nitrogens with zero attached hydrogens (tertiary/aromatic N) is 1. The van der Waals surface area contributed by atoms with Gasteiger partial charge in [0.2, 0.25) is 0 Å². The van der Waals surface area contributed by atoms with Crippen molar-refractivity contribution in [1.82, 2.24) is 5.32 Å². The molecule has 1 N–H and O–H groups in total. The minimum atomic E-state index is -0.121. The van der Waals surface area contributed by atoms with Crippen LogP contribution in [0.1, 0.15) is 45.2 Å². The Morgan fingerprint density at radius 1 is 1.30 bits per heavy atom. The molecule has 0 bridgehead atoms. The molecule has 0 aromatic heterocycles. The minimum Gasteiger partial charge on any atom is -0.365 e. The number of hydrogen-bond acceptors (Lipinski definition) is 2. The third kappa shape index (κ3) is 2.73. The molecule has 0 saturated heterocycles. The second-order valence-corrected chi connectivity index (χ2v) is 6.18. The summed E-state index contributed by atoms with van der Waals surface area (Å²) in [6.45, 7) is 10.0. The summed E-state index contributed by atoms with van der Waals surface area (Å²) in [4.78, 5) is 2.14. The van der Waals surface area contributed by atoms with Gasteiger partial charge in [-0.3, -0.25) is 0 Å². The normalized spacial score (nSPS) is 16.9. The molecular weight excluding hydrogens is 251 g/mol. The second kappa shape index (κ2) is 5.57. The van der Waals surface area contributed by atoms with E-state index in [0.29, 0.717) is 6.54 Å². The zero-order valence-corrected chi connectivity index (χ0v) is 13.2. The van der Waals surface area contributed by atoms with E-state index in [0.717, 1.165) is 29.8 Å². The molecule has 2 nitrogen and oxygen atoms in total. The Kier molecular flexibility index (Phi) is 4.19. The van der Waals surface area contributed by atoms with Gasteiger partial charge in [0.1, 0.15) is 5.82 Å². The highest BCUT2D eigenvalue weighted by atomic mass is 19.1. The van der Waals surface area contributed by atoms with E-state index in [1.165, 1.54) is 5.57 Å². The molecule has 20 heavy (non-hydrogen) atoms. The molecule has 0 atom stereocenters. The van der Waals surface area contributed by atoms with Crippen LogP contribution in [0.4, 0.5) is 10.1 Å². The van der Waals surface area contributed by atoms with E-state index in [-0.39, 0.29) is 11.4 Å². The zero-order chi connectivity index (χ0) is 14.9. The second-order valence-electron chi connectivity index (χ2n) is 6.18. The lowest BCUT2D eigenvalue weighted by Crippen LogP contribution is -2.42. The van der Waals surface area contributed by atoms with Crippen molar-refractivity contribution in [2.24, 2.45) is 0 Å². The van der Waals surface area contributed by atoms with E-state index >= 15 is 0 Å². The van der Waals surface area contributed by atoms with Gasteiger partial charge < -0.3 is 10.2 Å². The van der Waals surface area contributed by atoms with Crippen molar-refractivity contribution in [2.45, 2.75) is 46.2 Å². The molecule has 110 valence electrons. The van der Waals surface area contributed by atoms with Gasteiger partial charge in [0.15, 0.2) is 0 Å². The first-order valence-corrected chi connectivity index (χ1v) is 7.33. The number of rotatable bonds is 4. The number of hydrogen-bond donors (Lipinski definition) is 1. The summed E-state index contributed by atoms with van der Waals surface area (Å²) in [7, 11) is 2.02. The molecular formula is C17H25FN2. The Balaban J connectivity index is 2.39. The Morgan fingerprint density at radius 3 is 2.65 bits per heavy atom. The monoisotopic (exact) mass is 276 g/mol. The first kappa shape index (κ1) is 15.0. The van der Waals surface area contributed by atoms with Gasteiger partial charge in [-0.25, -0.2) is 4.39 Å². The molecule has 3 heteroatoms. The van der Waals surface area contributed by atoms with Crippen molar-refractivity contribution in [2.75, 3.05) is 18.5 Å². The fraction of sp³-hybridized carbons (Fsp3) is 0.529. The maximum absolute atomic E-state index is 14.3. The molecule has 0 radical (unpaired) electrons. The molecule has 0 fully saturated rings. The Morgan fingerprint density at radius 2 is 2.00 bits per heavy atom. The highest BCUT2D eigenvalue weighted by Crippen LogP contribution is 2.38. The van der Waals surface area contributed by atoms with E-state index in [9.17, 15) is 4.39 Å². The summed E-state index contributed by atoms with van der Waals surface area (Å²) in [6, 6.07) is 3.67. The van der Waals surface area contributed by atoms with Crippen molar-refractivity contribution in [3.05, 3.63) is 35.2 Å². The SMILES string of the molecule is CCCNCc1cc2c(cc1F)N(C)C(C)(C)C=C2C. The van der Waals surface area contributed by atoms with Crippen molar-refractivity contribution >= 4 is 11.3 Å². The van der Waals surface area contributed by atoms with Crippen LogP contribution in [0.3, 0.4) is 0 Å². The summed E-state index contributed by atoms with van der Waals surface area (Å²) >= 11 is 0. The smallest absolute Gasteiger partial charge is 0.129 e. The molecule has 0 amide bonds. The van der Waals surface area contributed by atoms with Crippen LogP contribution in [0.25, 0.3) is 5.57 Å². The molecule has 0 saturated carbocycles. The number of nitrogens with one attached hydrogen (secondary N) is 1. The van der Waals surface area contributed by atoms with Crippen LogP contribution >= 0.6 is 0 Å². The largest absolute Gasteiger partial charge is 0.365 e. The van der Waals surface area contributed by atoms with Gasteiger partial charge in [0, 0.05) is 30.4 Å². The van der Waals surface area contributed by atoms with Gasteiger partial charge in [-0.15, -0.1) is 0 Å². The quantitative estimate of drug-likeness (QED) is 0.837. The Bertz CT molecular complexity index is 532. The number of fused-ring (bicyclic) bond motifs is 1. The molecule has 1 aromatic rings. The number of likely N-dealkylation sites (N-methyl/N-ethyl adjacent to an activating group) is 1. The van der Waals surface area contributed by atoms with E-state index < -0.39 is 0 Å². The lowest BCUT2D eigenvalue weighted by molar-refractivity contribution is 0.573. The van der Waals surface area contributed by atoms with Crippen LogP contribution in [0, 0.1) is 5.82 Å².